The molecule has 1 aromatic rings. The van der Waals surface area contributed by atoms with E-state index < -0.39 is 0 Å². The summed E-state index contributed by atoms with van der Waals surface area (Å²) in [5.74, 6) is 0.752. The predicted octanol–water partition coefficient (Wildman–Crippen LogP) is 3.72. The summed E-state index contributed by atoms with van der Waals surface area (Å²) in [6, 6.07) is 8.68. The first-order valence-corrected chi connectivity index (χ1v) is 7.59. The first-order valence-electron chi connectivity index (χ1n) is 7.59. The maximum absolute atomic E-state index is 10.1. The van der Waals surface area contributed by atoms with E-state index in [2.05, 4.69) is 29.2 Å². The van der Waals surface area contributed by atoms with Crippen molar-refractivity contribution in [2.24, 2.45) is 0 Å². The van der Waals surface area contributed by atoms with Crippen LogP contribution in [0.2, 0.25) is 0 Å². The van der Waals surface area contributed by atoms with Gasteiger partial charge in [-0.1, -0.05) is 43.5 Å². The maximum Gasteiger partial charge on any atom is 0.0802 e. The van der Waals surface area contributed by atoms with Crippen molar-refractivity contribution in [3.63, 3.8) is 0 Å². The van der Waals surface area contributed by atoms with Crippen molar-refractivity contribution >= 4 is 0 Å². The van der Waals surface area contributed by atoms with Crippen LogP contribution in [-0.4, -0.2) is 30.6 Å². The molecule has 0 aromatic heterocycles. The Labute approximate surface area is 117 Å². The van der Waals surface area contributed by atoms with Crippen LogP contribution >= 0.6 is 0 Å². The Bertz CT molecular complexity index is 365. The van der Waals surface area contributed by atoms with E-state index in [0.717, 1.165) is 24.4 Å². The molecule has 1 aromatic carbocycles. The molecule has 2 rings (SSSR count). The standard InChI is InChI=1S/C17H27NO/c1-18(2)13-12-17(19)16-10-8-15(9-11-16)14-6-4-3-5-7-14/h8-11,14,17,19H,3-7,12-13H2,1-2H3. The van der Waals surface area contributed by atoms with Crippen molar-refractivity contribution in [1.29, 1.82) is 0 Å². The van der Waals surface area contributed by atoms with Crippen LogP contribution in [0.3, 0.4) is 0 Å². The molecular weight excluding hydrogens is 234 g/mol. The first-order chi connectivity index (χ1) is 9.16. The molecule has 19 heavy (non-hydrogen) atoms. The zero-order chi connectivity index (χ0) is 13.7. The predicted molar refractivity (Wildman–Crippen MR) is 80.4 cm³/mol. The molecule has 1 atom stereocenters. The number of hydrogen-bond donors (Lipinski definition) is 1. The van der Waals surface area contributed by atoms with Gasteiger partial charge < -0.3 is 10.0 Å². The van der Waals surface area contributed by atoms with Crippen LogP contribution in [0.25, 0.3) is 0 Å². The minimum absolute atomic E-state index is 0.331. The second-order valence-electron chi connectivity index (χ2n) is 6.11. The molecule has 0 amide bonds. The Morgan fingerprint density at radius 3 is 2.32 bits per heavy atom. The molecule has 0 radical (unpaired) electrons. The fraction of sp³-hybridized carbons (Fsp3) is 0.647. The molecule has 0 heterocycles. The molecule has 0 spiro atoms. The molecule has 0 bridgehead atoms. The lowest BCUT2D eigenvalue weighted by Crippen LogP contribution is -2.15. The summed E-state index contributed by atoms with van der Waals surface area (Å²) in [5, 5.41) is 10.1. The summed E-state index contributed by atoms with van der Waals surface area (Å²) in [6.45, 7) is 0.922. The van der Waals surface area contributed by atoms with Crippen LogP contribution in [0.15, 0.2) is 24.3 Å². The number of rotatable bonds is 5. The second-order valence-corrected chi connectivity index (χ2v) is 6.11. The van der Waals surface area contributed by atoms with E-state index in [4.69, 9.17) is 0 Å². The molecule has 1 aliphatic carbocycles. The van der Waals surface area contributed by atoms with Crippen LogP contribution in [0.1, 0.15) is 61.7 Å². The summed E-state index contributed by atoms with van der Waals surface area (Å²) in [6.07, 6.45) is 7.29. The highest BCUT2D eigenvalue weighted by Gasteiger charge is 2.16. The van der Waals surface area contributed by atoms with Gasteiger partial charge in [-0.3, -0.25) is 0 Å². The van der Waals surface area contributed by atoms with Crippen molar-refractivity contribution in [3.8, 4) is 0 Å². The summed E-state index contributed by atoms with van der Waals surface area (Å²) in [7, 11) is 4.08. The first kappa shape index (κ1) is 14.5. The van der Waals surface area contributed by atoms with Gasteiger partial charge in [0.05, 0.1) is 6.10 Å². The van der Waals surface area contributed by atoms with Crippen LogP contribution in [0.5, 0.6) is 0 Å². The van der Waals surface area contributed by atoms with E-state index in [1.165, 1.54) is 37.7 Å². The summed E-state index contributed by atoms with van der Waals surface area (Å²) in [5.41, 5.74) is 2.52. The minimum Gasteiger partial charge on any atom is -0.388 e. The highest BCUT2D eigenvalue weighted by atomic mass is 16.3. The van der Waals surface area contributed by atoms with E-state index in [0.29, 0.717) is 0 Å². The third-order valence-electron chi connectivity index (χ3n) is 4.25. The van der Waals surface area contributed by atoms with Gasteiger partial charge in [0.2, 0.25) is 0 Å². The van der Waals surface area contributed by atoms with Gasteiger partial charge in [-0.05, 0) is 50.4 Å². The molecule has 106 valence electrons. The van der Waals surface area contributed by atoms with Crippen molar-refractivity contribution < 1.29 is 5.11 Å². The molecule has 1 aliphatic rings. The van der Waals surface area contributed by atoms with Gasteiger partial charge in [-0.15, -0.1) is 0 Å². The third-order valence-corrected chi connectivity index (χ3v) is 4.25. The lowest BCUT2D eigenvalue weighted by atomic mass is 9.84. The Morgan fingerprint density at radius 2 is 1.74 bits per heavy atom. The average molecular weight is 261 g/mol. The van der Waals surface area contributed by atoms with Crippen molar-refractivity contribution in [2.45, 2.75) is 50.5 Å². The molecular formula is C17H27NO. The van der Waals surface area contributed by atoms with E-state index in [-0.39, 0.29) is 6.10 Å². The Balaban J connectivity index is 1.93. The van der Waals surface area contributed by atoms with Crippen molar-refractivity contribution in [3.05, 3.63) is 35.4 Å². The third kappa shape index (κ3) is 4.32. The maximum atomic E-state index is 10.1. The molecule has 1 saturated carbocycles. The van der Waals surface area contributed by atoms with Crippen LogP contribution in [0, 0.1) is 0 Å². The van der Waals surface area contributed by atoms with E-state index >= 15 is 0 Å². The molecule has 1 fully saturated rings. The number of hydrogen-bond acceptors (Lipinski definition) is 2. The van der Waals surface area contributed by atoms with Gasteiger partial charge in [0, 0.05) is 6.54 Å². The van der Waals surface area contributed by atoms with Gasteiger partial charge in [0.25, 0.3) is 0 Å². The summed E-state index contributed by atoms with van der Waals surface area (Å²) < 4.78 is 0. The zero-order valence-corrected chi connectivity index (χ0v) is 12.3. The van der Waals surface area contributed by atoms with Crippen LogP contribution in [0.4, 0.5) is 0 Å². The van der Waals surface area contributed by atoms with Crippen LogP contribution < -0.4 is 0 Å². The van der Waals surface area contributed by atoms with Crippen LogP contribution in [-0.2, 0) is 0 Å². The number of aliphatic hydroxyl groups excluding tert-OH is 1. The monoisotopic (exact) mass is 261 g/mol. The smallest absolute Gasteiger partial charge is 0.0802 e. The molecule has 0 aliphatic heterocycles. The topological polar surface area (TPSA) is 23.5 Å². The Kier molecular flexibility index (Phi) is 5.41. The highest BCUT2D eigenvalue weighted by molar-refractivity contribution is 5.27. The quantitative estimate of drug-likeness (QED) is 0.873. The number of aliphatic hydroxyl groups is 1. The molecule has 2 nitrogen and oxygen atoms in total. The van der Waals surface area contributed by atoms with Crippen molar-refractivity contribution in [1.82, 2.24) is 4.90 Å². The van der Waals surface area contributed by atoms with Gasteiger partial charge in [0.1, 0.15) is 0 Å². The SMILES string of the molecule is CN(C)CCC(O)c1ccc(C2CCCCC2)cc1. The fourth-order valence-corrected chi connectivity index (χ4v) is 2.97. The molecule has 0 saturated heterocycles. The summed E-state index contributed by atoms with van der Waals surface area (Å²) in [4.78, 5) is 2.11. The number of benzene rings is 1. The highest BCUT2D eigenvalue weighted by Crippen LogP contribution is 2.33. The minimum atomic E-state index is -0.331. The molecule has 1 N–H and O–H groups in total. The van der Waals surface area contributed by atoms with E-state index in [1.54, 1.807) is 0 Å². The fourth-order valence-electron chi connectivity index (χ4n) is 2.97. The normalized spacial score (nSPS) is 18.7. The molecule has 2 heteroatoms. The Hall–Kier alpha value is -0.860. The van der Waals surface area contributed by atoms with Gasteiger partial charge in [0.15, 0.2) is 0 Å². The van der Waals surface area contributed by atoms with Gasteiger partial charge in [-0.25, -0.2) is 0 Å². The lowest BCUT2D eigenvalue weighted by Gasteiger charge is -2.22. The van der Waals surface area contributed by atoms with Gasteiger partial charge >= 0.3 is 0 Å². The van der Waals surface area contributed by atoms with Gasteiger partial charge in [-0.2, -0.15) is 0 Å². The Morgan fingerprint density at radius 1 is 1.11 bits per heavy atom. The van der Waals surface area contributed by atoms with E-state index in [9.17, 15) is 5.11 Å². The second kappa shape index (κ2) is 7.06. The van der Waals surface area contributed by atoms with Crippen molar-refractivity contribution in [2.75, 3.05) is 20.6 Å². The largest absolute Gasteiger partial charge is 0.388 e. The zero-order valence-electron chi connectivity index (χ0n) is 12.3. The molecule has 1 unspecified atom stereocenters. The van der Waals surface area contributed by atoms with E-state index in [1.807, 2.05) is 14.1 Å². The average Bonchev–Trinajstić information content (AvgIpc) is 2.46. The number of nitrogens with zero attached hydrogens (tertiary/aromatic N) is 1. The summed E-state index contributed by atoms with van der Waals surface area (Å²) >= 11 is 0. The lowest BCUT2D eigenvalue weighted by molar-refractivity contribution is 0.154.